The molecule has 0 radical (unpaired) electrons. The number of ketones is 1. The molecule has 5 atom stereocenters. The van der Waals surface area contributed by atoms with E-state index in [1.54, 1.807) is 25.6 Å². The number of hydrogen-bond acceptors (Lipinski definition) is 7. The second kappa shape index (κ2) is 9.44. The molecule has 4 aliphatic rings. The second-order valence-corrected chi connectivity index (χ2v) is 11.3. The van der Waals surface area contributed by atoms with Gasteiger partial charge in [-0.25, -0.2) is 4.79 Å². The number of likely N-dealkylation sites (tertiary alicyclic amines) is 2. The number of aliphatic carboxylic acids is 1. The van der Waals surface area contributed by atoms with Gasteiger partial charge >= 0.3 is 5.97 Å². The molecule has 0 bridgehead atoms. The monoisotopic (exact) mass is 465 g/mol. The summed E-state index contributed by atoms with van der Waals surface area (Å²) in [6.45, 7) is 10.8. The number of fused-ring (bicyclic) bond motifs is 1. The Labute approximate surface area is 194 Å². The van der Waals surface area contributed by atoms with Crippen LogP contribution in [-0.4, -0.2) is 99.2 Å². The lowest BCUT2D eigenvalue weighted by Crippen LogP contribution is -2.63. The minimum absolute atomic E-state index is 0.0666. The van der Waals surface area contributed by atoms with Crippen molar-refractivity contribution in [3.8, 4) is 0 Å². The Balaban J connectivity index is 1.33. The number of carbonyl (C=O) groups is 3. The highest BCUT2D eigenvalue weighted by molar-refractivity contribution is 8.03. The second-order valence-electron chi connectivity index (χ2n) is 9.98. The minimum Gasteiger partial charge on any atom is -0.477 e. The van der Waals surface area contributed by atoms with Crippen molar-refractivity contribution in [2.75, 3.05) is 39.3 Å². The largest absolute Gasteiger partial charge is 0.477 e. The summed E-state index contributed by atoms with van der Waals surface area (Å²) in [5.74, 6) is -1.02. The Morgan fingerprint density at radius 1 is 1.16 bits per heavy atom. The predicted octanol–water partition coefficient (Wildman–Crippen LogP) is 1.25. The Bertz CT molecular complexity index is 807. The molecule has 178 valence electrons. The molecule has 2 N–H and O–H groups in total. The van der Waals surface area contributed by atoms with Gasteiger partial charge < -0.3 is 20.0 Å². The van der Waals surface area contributed by atoms with Crippen LogP contribution in [0.3, 0.4) is 0 Å². The smallest absolute Gasteiger partial charge is 0.353 e. The maximum Gasteiger partial charge on any atom is 0.353 e. The van der Waals surface area contributed by atoms with E-state index >= 15 is 0 Å². The van der Waals surface area contributed by atoms with E-state index in [0.717, 1.165) is 56.9 Å². The fraction of sp³-hybridized carbons (Fsp3) is 0.783. The van der Waals surface area contributed by atoms with Gasteiger partial charge in [0.15, 0.2) is 0 Å². The van der Waals surface area contributed by atoms with E-state index in [0.29, 0.717) is 17.7 Å². The number of carboxylic acid groups (broad SMARTS) is 1. The van der Waals surface area contributed by atoms with Crippen molar-refractivity contribution in [3.05, 3.63) is 10.6 Å². The number of carboxylic acids is 1. The number of amides is 1. The van der Waals surface area contributed by atoms with Crippen molar-refractivity contribution < 1.29 is 24.6 Å². The first-order chi connectivity index (χ1) is 15.2. The molecule has 8 nitrogen and oxygen atoms in total. The Morgan fingerprint density at radius 3 is 2.41 bits per heavy atom. The normalized spacial score (nSPS) is 32.9. The van der Waals surface area contributed by atoms with Crippen LogP contribution in [0.5, 0.6) is 0 Å². The van der Waals surface area contributed by atoms with Crippen LogP contribution in [0.2, 0.25) is 0 Å². The lowest BCUT2D eigenvalue weighted by atomic mass is 9.79. The molecule has 0 aromatic carbocycles. The van der Waals surface area contributed by atoms with Crippen molar-refractivity contribution in [3.63, 3.8) is 0 Å². The SMILES string of the molecule is CC(=O)CN1CCC(CN2CC[C@@H](SC3=C(C(=O)O)N4C(=O)[C@H]([C@@H](C)O)[C@H]4[C@H]3C)C2)CC1. The highest BCUT2D eigenvalue weighted by Gasteiger charge is 2.60. The van der Waals surface area contributed by atoms with Crippen molar-refractivity contribution in [1.82, 2.24) is 14.7 Å². The molecular weight excluding hydrogens is 430 g/mol. The number of thioether (sulfide) groups is 1. The van der Waals surface area contributed by atoms with Gasteiger partial charge in [-0.05, 0) is 58.7 Å². The molecule has 0 aromatic heterocycles. The molecule has 4 heterocycles. The molecule has 0 aliphatic carbocycles. The summed E-state index contributed by atoms with van der Waals surface area (Å²) in [6.07, 6.45) is 2.48. The number of rotatable bonds is 8. The third kappa shape index (κ3) is 4.49. The maximum atomic E-state index is 12.5. The summed E-state index contributed by atoms with van der Waals surface area (Å²) in [5, 5.41) is 20.1. The first-order valence-corrected chi connectivity index (χ1v) is 12.6. The molecule has 4 rings (SSSR count). The van der Waals surface area contributed by atoms with Crippen LogP contribution in [0.1, 0.15) is 40.0 Å². The van der Waals surface area contributed by atoms with Gasteiger partial charge in [0.25, 0.3) is 0 Å². The molecular formula is C23H35N3O5S. The van der Waals surface area contributed by atoms with Crippen LogP contribution < -0.4 is 0 Å². The number of aliphatic hydroxyl groups is 1. The van der Waals surface area contributed by atoms with Crippen LogP contribution >= 0.6 is 11.8 Å². The van der Waals surface area contributed by atoms with Gasteiger partial charge in [0, 0.05) is 29.2 Å². The molecule has 0 spiro atoms. The van der Waals surface area contributed by atoms with E-state index in [9.17, 15) is 24.6 Å². The van der Waals surface area contributed by atoms with Gasteiger partial charge in [-0.3, -0.25) is 14.5 Å². The zero-order chi connectivity index (χ0) is 23.2. The summed E-state index contributed by atoms with van der Waals surface area (Å²) in [4.78, 5) is 42.8. The van der Waals surface area contributed by atoms with Crippen molar-refractivity contribution in [1.29, 1.82) is 0 Å². The summed E-state index contributed by atoms with van der Waals surface area (Å²) in [5.41, 5.74) is 0.130. The summed E-state index contributed by atoms with van der Waals surface area (Å²) >= 11 is 1.63. The van der Waals surface area contributed by atoms with E-state index < -0.39 is 18.0 Å². The number of hydrogen-bond donors (Lipinski definition) is 2. The van der Waals surface area contributed by atoms with E-state index in [2.05, 4.69) is 9.80 Å². The van der Waals surface area contributed by atoms with Crippen molar-refractivity contribution >= 4 is 29.4 Å². The molecule has 0 aromatic rings. The van der Waals surface area contributed by atoms with Gasteiger partial charge in [0.2, 0.25) is 5.91 Å². The first kappa shape index (κ1) is 23.7. The summed E-state index contributed by atoms with van der Waals surface area (Å²) in [6, 6.07) is -0.242. The van der Waals surface area contributed by atoms with Gasteiger partial charge in [-0.2, -0.15) is 0 Å². The number of aliphatic hydroxyl groups excluding tert-OH is 1. The van der Waals surface area contributed by atoms with E-state index in [-0.39, 0.29) is 29.3 Å². The number of piperidine rings is 1. The summed E-state index contributed by atoms with van der Waals surface area (Å²) in [7, 11) is 0. The summed E-state index contributed by atoms with van der Waals surface area (Å²) < 4.78 is 0. The fourth-order valence-corrected chi connectivity index (χ4v) is 7.44. The van der Waals surface area contributed by atoms with Crippen LogP contribution in [0.4, 0.5) is 0 Å². The average molecular weight is 466 g/mol. The quantitative estimate of drug-likeness (QED) is 0.517. The molecule has 0 saturated carbocycles. The standard InChI is InChI=1S/C23H35N3O5S/c1-13(27)10-24-7-4-16(5-8-24)11-25-9-6-17(12-25)32-21-14(2)19-18(15(3)28)22(29)26(19)20(21)23(30)31/h14-19,28H,4-12H2,1-3H3,(H,30,31)/t14-,15-,17-,18-,19-/m1/s1. The van der Waals surface area contributed by atoms with Crippen molar-refractivity contribution in [2.24, 2.45) is 17.8 Å². The Hall–Kier alpha value is -1.42. The van der Waals surface area contributed by atoms with Gasteiger partial charge in [-0.15, -0.1) is 11.8 Å². The van der Waals surface area contributed by atoms with Gasteiger partial charge in [-0.1, -0.05) is 6.92 Å². The number of Topliss-reactive ketones (excluding diaryl/α,β-unsaturated/α-hetero) is 1. The third-order valence-corrected chi connectivity index (χ3v) is 9.04. The topological polar surface area (TPSA) is 101 Å². The van der Waals surface area contributed by atoms with Gasteiger partial charge in [0.1, 0.15) is 11.5 Å². The predicted molar refractivity (Wildman–Crippen MR) is 122 cm³/mol. The number of carbonyl (C=O) groups excluding carboxylic acids is 2. The van der Waals surface area contributed by atoms with Crippen LogP contribution in [0.15, 0.2) is 10.6 Å². The zero-order valence-corrected chi connectivity index (χ0v) is 20.0. The minimum atomic E-state index is -1.05. The van der Waals surface area contributed by atoms with Gasteiger partial charge in [0.05, 0.1) is 24.6 Å². The maximum absolute atomic E-state index is 12.5. The van der Waals surface area contributed by atoms with E-state index in [1.807, 2.05) is 6.92 Å². The van der Waals surface area contributed by atoms with Crippen LogP contribution in [0.25, 0.3) is 0 Å². The molecule has 32 heavy (non-hydrogen) atoms. The Morgan fingerprint density at radius 2 is 1.81 bits per heavy atom. The molecule has 0 unspecified atom stereocenters. The average Bonchev–Trinajstić information content (AvgIpc) is 3.24. The molecule has 1 amide bonds. The van der Waals surface area contributed by atoms with Crippen LogP contribution in [-0.2, 0) is 14.4 Å². The zero-order valence-electron chi connectivity index (χ0n) is 19.2. The third-order valence-electron chi connectivity index (χ3n) is 7.50. The van der Waals surface area contributed by atoms with E-state index in [1.165, 1.54) is 4.90 Å². The lowest BCUT2D eigenvalue weighted by molar-refractivity contribution is -0.163. The number of β-lactam (4-membered cyclic amide) rings is 1. The van der Waals surface area contributed by atoms with Crippen LogP contribution in [0, 0.1) is 17.8 Å². The highest BCUT2D eigenvalue weighted by Crippen LogP contribution is 2.51. The number of nitrogens with zero attached hydrogens (tertiary/aromatic N) is 3. The fourth-order valence-electron chi connectivity index (χ4n) is 5.92. The first-order valence-electron chi connectivity index (χ1n) is 11.8. The molecule has 3 fully saturated rings. The lowest BCUT2D eigenvalue weighted by Gasteiger charge is -2.46. The highest BCUT2D eigenvalue weighted by atomic mass is 32.2. The molecule has 4 aliphatic heterocycles. The molecule has 9 heteroatoms. The Kier molecular flexibility index (Phi) is 7.00. The molecule has 3 saturated heterocycles. The van der Waals surface area contributed by atoms with E-state index in [4.69, 9.17) is 0 Å². The van der Waals surface area contributed by atoms with Crippen molar-refractivity contribution in [2.45, 2.75) is 57.4 Å².